The standard InChI is InChI=1S/C45H77B3P.BrH/c1-5-31-45(32-6-1)49(36-10-2-7-33-46-39-19-13-20-40(46)22-14-21-39,37-11-3-8-34-47-41-23-15-24-42(47)26-16-25-41)38-12-4-9-35-48-43-27-17-28-44(48)30-18-29-43;/h1,5-6,31-32,39-44H,2-4,7-30,33-38H2;1H/q+1;/p-1. The van der Waals surface area contributed by atoms with E-state index in [1.54, 1.807) is 153 Å². The van der Waals surface area contributed by atoms with Gasteiger partial charge in [-0.05, 0) is 31.4 Å². The summed E-state index contributed by atoms with van der Waals surface area (Å²) in [6, 6.07) is 12.3. The number of halogens is 1. The van der Waals surface area contributed by atoms with Gasteiger partial charge in [-0.15, -0.1) is 0 Å². The Morgan fingerprint density at radius 2 is 0.660 bits per heavy atom. The van der Waals surface area contributed by atoms with Gasteiger partial charge in [-0.3, -0.25) is 0 Å². The second-order valence-electron chi connectivity index (χ2n) is 19.3. The zero-order valence-electron chi connectivity index (χ0n) is 32.7. The van der Waals surface area contributed by atoms with E-state index in [1.165, 1.54) is 57.8 Å². The van der Waals surface area contributed by atoms with Crippen molar-refractivity contribution in [1.29, 1.82) is 0 Å². The van der Waals surface area contributed by atoms with Gasteiger partial charge in [0.25, 0.3) is 0 Å². The minimum atomic E-state index is -1.12. The molecule has 0 nitrogen and oxygen atoms in total. The van der Waals surface area contributed by atoms with E-state index in [9.17, 15) is 0 Å². The third-order valence-corrected chi connectivity index (χ3v) is 21.6. The van der Waals surface area contributed by atoms with Crippen LogP contribution in [0.15, 0.2) is 30.3 Å². The number of fused-ring (bicyclic) bond motifs is 6. The van der Waals surface area contributed by atoms with Crippen LogP contribution in [0, 0.1) is 0 Å². The first-order valence-electron chi connectivity index (χ1n) is 23.2. The summed E-state index contributed by atoms with van der Waals surface area (Å²) in [4.78, 5) is 0. The molecule has 0 radical (unpaired) electrons. The lowest BCUT2D eigenvalue weighted by molar-refractivity contribution is -0.0000101. The summed E-state index contributed by atoms with van der Waals surface area (Å²) >= 11 is 0. The topological polar surface area (TPSA) is 0 Å². The largest absolute Gasteiger partial charge is 1.00 e. The van der Waals surface area contributed by atoms with Gasteiger partial charge in [-0.25, -0.2) is 0 Å². The van der Waals surface area contributed by atoms with Crippen LogP contribution in [0.4, 0.5) is 0 Å². The maximum Gasteiger partial charge on any atom is 0.146 e. The van der Waals surface area contributed by atoms with Gasteiger partial charge >= 0.3 is 0 Å². The molecule has 0 atom stereocenters. The molecule has 6 heterocycles. The molecular formula is C45H77B3BrP. The van der Waals surface area contributed by atoms with Gasteiger partial charge < -0.3 is 17.0 Å². The lowest BCUT2D eigenvalue weighted by Crippen LogP contribution is -3.00. The normalized spacial score (nSPS) is 30.4. The molecule has 0 aliphatic carbocycles. The highest BCUT2D eigenvalue weighted by Crippen LogP contribution is 2.60. The highest BCUT2D eigenvalue weighted by atomic mass is 79.9. The van der Waals surface area contributed by atoms with E-state index >= 15 is 0 Å². The summed E-state index contributed by atoms with van der Waals surface area (Å²) in [6.45, 7) is 3.30. The van der Waals surface area contributed by atoms with Crippen molar-refractivity contribution in [2.45, 2.75) is 227 Å². The summed E-state index contributed by atoms with van der Waals surface area (Å²) in [5, 5.41) is 1.82. The molecular weight excluding hydrogens is 684 g/mol. The van der Waals surface area contributed by atoms with Crippen LogP contribution in [0.25, 0.3) is 0 Å². The molecule has 278 valence electrons. The summed E-state index contributed by atoms with van der Waals surface area (Å²) < 4.78 is 0. The third kappa shape index (κ3) is 10.5. The summed E-state index contributed by atoms with van der Waals surface area (Å²) in [7, 11) is -1.12. The predicted octanol–water partition coefficient (Wildman–Crippen LogP) is 11.7. The van der Waals surface area contributed by atoms with Gasteiger partial charge in [-0.2, -0.15) is 0 Å². The Bertz CT molecular complexity index is 917. The Balaban J connectivity index is 0.00000432. The maximum absolute atomic E-state index is 2.60. The van der Waals surface area contributed by atoms with Gasteiger partial charge in [0.05, 0.1) is 23.8 Å². The third-order valence-electron chi connectivity index (χ3n) is 16.7. The van der Waals surface area contributed by atoms with E-state index in [4.69, 9.17) is 0 Å². The van der Waals surface area contributed by atoms with Crippen molar-refractivity contribution in [3.8, 4) is 0 Å². The molecule has 7 rings (SSSR count). The highest BCUT2D eigenvalue weighted by molar-refractivity contribution is 7.82. The van der Waals surface area contributed by atoms with Crippen LogP contribution >= 0.6 is 7.26 Å². The highest BCUT2D eigenvalue weighted by Gasteiger charge is 2.42. The van der Waals surface area contributed by atoms with Gasteiger partial charge in [0.2, 0.25) is 0 Å². The average Bonchev–Trinajstić information content (AvgIpc) is 3.11. The molecule has 0 spiro atoms. The lowest BCUT2D eigenvalue weighted by atomic mass is 9.26. The number of unbranched alkanes of at least 4 members (excludes halogenated alkanes) is 6. The van der Waals surface area contributed by atoms with Crippen molar-refractivity contribution in [2.24, 2.45) is 0 Å². The quantitative estimate of drug-likeness (QED) is 0.0748. The van der Waals surface area contributed by atoms with Crippen LogP contribution in [0.1, 0.15) is 173 Å². The van der Waals surface area contributed by atoms with E-state index in [2.05, 4.69) is 30.3 Å². The molecule has 6 aliphatic heterocycles. The van der Waals surface area contributed by atoms with Gasteiger partial charge in [0, 0.05) is 7.26 Å². The lowest BCUT2D eigenvalue weighted by Gasteiger charge is -2.40. The summed E-state index contributed by atoms with van der Waals surface area (Å²) in [5.41, 5.74) is 0. The molecule has 6 fully saturated rings. The zero-order valence-corrected chi connectivity index (χ0v) is 35.2. The number of rotatable bonds is 19. The minimum absolute atomic E-state index is 0. The van der Waals surface area contributed by atoms with Crippen LogP contribution in [0.2, 0.25) is 53.9 Å². The van der Waals surface area contributed by atoms with Crippen LogP contribution in [-0.4, -0.2) is 38.6 Å². The fourth-order valence-electron chi connectivity index (χ4n) is 14.2. The SMILES string of the molecule is [Br-].c1ccc([P+](CCCCCB2C3CCCC2CCC3)(CCCCCB2C3CCCC2CCC3)CCCCCB2C3CCCC2CCC3)cc1. The monoisotopic (exact) mass is 761 g/mol. The Morgan fingerprint density at radius 1 is 0.380 bits per heavy atom. The van der Waals surface area contributed by atoms with Gasteiger partial charge in [0.15, 0.2) is 0 Å². The van der Waals surface area contributed by atoms with Crippen LogP contribution in [-0.2, 0) is 0 Å². The van der Waals surface area contributed by atoms with Crippen molar-refractivity contribution < 1.29 is 17.0 Å². The first-order chi connectivity index (χ1) is 24.3. The molecule has 0 unspecified atom stereocenters. The Morgan fingerprint density at radius 3 is 0.940 bits per heavy atom. The first-order valence-corrected chi connectivity index (χ1v) is 25.6. The fraction of sp³-hybridized carbons (Fsp3) is 0.867. The van der Waals surface area contributed by atoms with Crippen molar-refractivity contribution >= 4 is 32.7 Å². The maximum atomic E-state index is 2.60. The molecule has 0 amide bonds. The molecule has 0 saturated carbocycles. The Labute approximate surface area is 324 Å². The molecule has 6 aliphatic rings. The van der Waals surface area contributed by atoms with E-state index in [1.807, 2.05) is 5.30 Å². The van der Waals surface area contributed by atoms with Crippen LogP contribution in [0.3, 0.4) is 0 Å². The Hall–Kier alpha value is 0.325. The molecule has 0 N–H and O–H groups in total. The second kappa shape index (κ2) is 20.9. The minimum Gasteiger partial charge on any atom is -1.00 e. The fourth-order valence-corrected chi connectivity index (χ4v) is 19.0. The van der Waals surface area contributed by atoms with Crippen LogP contribution < -0.4 is 22.3 Å². The van der Waals surface area contributed by atoms with Crippen molar-refractivity contribution in [3.63, 3.8) is 0 Å². The number of hydrogen-bond donors (Lipinski definition) is 0. The van der Waals surface area contributed by atoms with Gasteiger partial charge in [0.1, 0.15) is 20.1 Å². The zero-order chi connectivity index (χ0) is 33.1. The summed E-state index contributed by atoms with van der Waals surface area (Å²) in [6.07, 6.45) is 51.1. The van der Waals surface area contributed by atoms with E-state index < -0.39 is 7.26 Å². The molecule has 6 bridgehead atoms. The molecule has 1 aromatic carbocycles. The smallest absolute Gasteiger partial charge is 0.146 e. The van der Waals surface area contributed by atoms with Crippen molar-refractivity contribution in [1.82, 2.24) is 0 Å². The predicted molar refractivity (Wildman–Crippen MR) is 226 cm³/mol. The van der Waals surface area contributed by atoms with E-state index in [-0.39, 0.29) is 17.0 Å². The van der Waals surface area contributed by atoms with E-state index in [0.29, 0.717) is 0 Å². The average molecular weight is 761 g/mol. The van der Waals surface area contributed by atoms with Crippen molar-refractivity contribution in [2.75, 3.05) is 18.5 Å². The van der Waals surface area contributed by atoms with E-state index in [0.717, 1.165) is 55.0 Å². The first kappa shape index (κ1) is 40.0. The molecule has 50 heavy (non-hydrogen) atoms. The molecule has 6 saturated heterocycles. The molecule has 5 heteroatoms. The number of hydrogen-bond acceptors (Lipinski definition) is 0. The molecule has 1 aromatic rings. The van der Waals surface area contributed by atoms with Gasteiger partial charge in [-0.1, -0.05) is 226 Å². The number of benzene rings is 1. The van der Waals surface area contributed by atoms with Crippen LogP contribution in [0.5, 0.6) is 0 Å². The summed E-state index contributed by atoms with van der Waals surface area (Å²) in [5.74, 6) is 6.61. The van der Waals surface area contributed by atoms with Crippen molar-refractivity contribution in [3.05, 3.63) is 30.3 Å². The second-order valence-corrected chi connectivity index (χ2v) is 23.5. The Kier molecular flexibility index (Phi) is 16.7. The molecule has 0 aromatic heterocycles.